The van der Waals surface area contributed by atoms with Gasteiger partial charge in [-0.15, -0.1) is 0 Å². The Morgan fingerprint density at radius 2 is 2.00 bits per heavy atom. The molecular weight excluding hydrogens is 275 g/mol. The summed E-state index contributed by atoms with van der Waals surface area (Å²) in [5, 5.41) is 1.88. The summed E-state index contributed by atoms with van der Waals surface area (Å²) in [5.41, 5.74) is 2.08. The highest BCUT2D eigenvalue weighted by Gasteiger charge is 2.12. The van der Waals surface area contributed by atoms with Crippen molar-refractivity contribution in [2.24, 2.45) is 0 Å². The van der Waals surface area contributed by atoms with Crippen LogP contribution in [0.15, 0.2) is 34.4 Å². The van der Waals surface area contributed by atoms with Crippen molar-refractivity contribution in [3.05, 3.63) is 56.4 Å². The molecule has 0 saturated heterocycles. The standard InChI is InChI=1S/C15H19FN2OS/c1-11-10-20-15(19)18(11)9-8-17(3)12(2)13-4-6-14(16)7-5-13/h4-7,10,12H,8-9H2,1-3H3. The molecule has 0 fully saturated rings. The maximum atomic E-state index is 12.9. The van der Waals surface area contributed by atoms with Crippen LogP contribution in [0.4, 0.5) is 4.39 Å². The third kappa shape index (κ3) is 3.35. The van der Waals surface area contributed by atoms with Crippen molar-refractivity contribution < 1.29 is 4.39 Å². The highest BCUT2D eigenvalue weighted by molar-refractivity contribution is 7.07. The van der Waals surface area contributed by atoms with Gasteiger partial charge in [-0.05, 0) is 38.6 Å². The monoisotopic (exact) mass is 294 g/mol. The molecule has 1 atom stereocenters. The fraction of sp³-hybridized carbons (Fsp3) is 0.400. The van der Waals surface area contributed by atoms with Crippen LogP contribution in [-0.4, -0.2) is 23.1 Å². The van der Waals surface area contributed by atoms with Gasteiger partial charge in [0.05, 0.1) is 0 Å². The van der Waals surface area contributed by atoms with Gasteiger partial charge in [-0.25, -0.2) is 4.39 Å². The van der Waals surface area contributed by atoms with E-state index < -0.39 is 0 Å². The van der Waals surface area contributed by atoms with Crippen molar-refractivity contribution >= 4 is 11.3 Å². The summed E-state index contributed by atoms with van der Waals surface area (Å²) in [6.07, 6.45) is 0. The molecule has 0 bridgehead atoms. The predicted octanol–water partition coefficient (Wildman–Crippen LogP) is 3.05. The van der Waals surface area contributed by atoms with Gasteiger partial charge >= 0.3 is 4.87 Å². The van der Waals surface area contributed by atoms with Crippen LogP contribution in [0.5, 0.6) is 0 Å². The van der Waals surface area contributed by atoms with Gasteiger partial charge in [0.15, 0.2) is 0 Å². The normalized spacial score (nSPS) is 12.8. The average Bonchev–Trinajstić information content (AvgIpc) is 2.75. The van der Waals surface area contributed by atoms with Gasteiger partial charge in [-0.1, -0.05) is 23.5 Å². The van der Waals surface area contributed by atoms with E-state index >= 15 is 0 Å². The van der Waals surface area contributed by atoms with Gasteiger partial charge < -0.3 is 4.57 Å². The molecule has 0 spiro atoms. The smallest absolute Gasteiger partial charge is 0.302 e. The van der Waals surface area contributed by atoms with Gasteiger partial charge in [-0.3, -0.25) is 9.69 Å². The van der Waals surface area contributed by atoms with Crippen LogP contribution in [0, 0.1) is 12.7 Å². The number of likely N-dealkylation sites (N-methyl/N-ethyl adjacent to an activating group) is 1. The SMILES string of the molecule is Cc1csc(=O)n1CCN(C)C(C)c1ccc(F)cc1. The molecule has 1 heterocycles. The number of aryl methyl sites for hydroxylation is 1. The van der Waals surface area contributed by atoms with E-state index in [1.54, 1.807) is 16.7 Å². The number of halogens is 1. The minimum atomic E-state index is -0.218. The summed E-state index contributed by atoms with van der Waals surface area (Å²) in [5.74, 6) is -0.218. The number of thiazole rings is 1. The molecule has 2 rings (SSSR count). The Morgan fingerprint density at radius 3 is 2.55 bits per heavy atom. The fourth-order valence-corrected chi connectivity index (χ4v) is 2.88. The number of nitrogens with zero attached hydrogens (tertiary/aromatic N) is 2. The van der Waals surface area contributed by atoms with Crippen LogP contribution in [0.2, 0.25) is 0 Å². The largest absolute Gasteiger partial charge is 0.307 e. The van der Waals surface area contributed by atoms with E-state index in [-0.39, 0.29) is 16.7 Å². The molecule has 5 heteroatoms. The van der Waals surface area contributed by atoms with Crippen LogP contribution in [0.3, 0.4) is 0 Å². The van der Waals surface area contributed by atoms with E-state index in [0.717, 1.165) is 17.8 Å². The van der Waals surface area contributed by atoms with Crippen molar-refractivity contribution in [3.8, 4) is 0 Å². The lowest BCUT2D eigenvalue weighted by Crippen LogP contribution is -2.29. The quantitative estimate of drug-likeness (QED) is 0.847. The third-order valence-electron chi connectivity index (χ3n) is 3.67. The third-order valence-corrected chi connectivity index (χ3v) is 4.55. The molecule has 0 radical (unpaired) electrons. The Morgan fingerprint density at radius 1 is 1.35 bits per heavy atom. The Balaban J connectivity index is 1.99. The summed E-state index contributed by atoms with van der Waals surface area (Å²) in [6.45, 7) is 5.48. The first kappa shape index (κ1) is 14.9. The van der Waals surface area contributed by atoms with Gasteiger partial charge in [0.1, 0.15) is 5.82 Å². The molecule has 0 aliphatic rings. The number of hydrogen-bond donors (Lipinski definition) is 0. The Kier molecular flexibility index (Phi) is 4.73. The molecule has 0 N–H and O–H groups in total. The van der Waals surface area contributed by atoms with Gasteiger partial charge in [0, 0.05) is 30.2 Å². The van der Waals surface area contributed by atoms with Crippen molar-refractivity contribution in [1.82, 2.24) is 9.47 Å². The maximum Gasteiger partial charge on any atom is 0.307 e. The van der Waals surface area contributed by atoms with Crippen molar-refractivity contribution in [2.75, 3.05) is 13.6 Å². The summed E-state index contributed by atoms with van der Waals surface area (Å²) in [4.78, 5) is 13.9. The highest BCUT2D eigenvalue weighted by atomic mass is 32.1. The highest BCUT2D eigenvalue weighted by Crippen LogP contribution is 2.18. The van der Waals surface area contributed by atoms with Crippen molar-refractivity contribution in [2.45, 2.75) is 26.4 Å². The van der Waals surface area contributed by atoms with E-state index in [0.29, 0.717) is 6.54 Å². The molecule has 0 amide bonds. The Hall–Kier alpha value is -1.46. The van der Waals surface area contributed by atoms with Crippen molar-refractivity contribution in [1.29, 1.82) is 0 Å². The van der Waals surface area contributed by atoms with Gasteiger partial charge in [0.2, 0.25) is 0 Å². The van der Waals surface area contributed by atoms with Crippen LogP contribution in [-0.2, 0) is 6.54 Å². The molecular formula is C15H19FN2OS. The minimum absolute atomic E-state index is 0.0883. The second kappa shape index (κ2) is 6.33. The summed E-state index contributed by atoms with van der Waals surface area (Å²) in [7, 11) is 2.01. The van der Waals surface area contributed by atoms with Crippen LogP contribution < -0.4 is 4.87 Å². The molecule has 108 valence electrons. The van der Waals surface area contributed by atoms with Crippen LogP contribution >= 0.6 is 11.3 Å². The lowest BCUT2D eigenvalue weighted by Gasteiger charge is -2.25. The first-order valence-corrected chi connectivity index (χ1v) is 7.47. The molecule has 0 saturated carbocycles. The van der Waals surface area contributed by atoms with Crippen LogP contribution in [0.25, 0.3) is 0 Å². The first-order valence-electron chi connectivity index (χ1n) is 6.59. The van der Waals surface area contributed by atoms with Gasteiger partial charge in [-0.2, -0.15) is 0 Å². The van der Waals surface area contributed by atoms with Crippen LogP contribution in [0.1, 0.15) is 24.2 Å². The summed E-state index contributed by atoms with van der Waals surface area (Å²) < 4.78 is 14.7. The van der Waals surface area contributed by atoms with Crippen molar-refractivity contribution in [3.63, 3.8) is 0 Å². The van der Waals surface area contributed by atoms with E-state index in [2.05, 4.69) is 11.8 Å². The lowest BCUT2D eigenvalue weighted by molar-refractivity contribution is 0.250. The molecule has 20 heavy (non-hydrogen) atoms. The maximum absolute atomic E-state index is 12.9. The number of aromatic nitrogens is 1. The fourth-order valence-electron chi connectivity index (χ4n) is 2.12. The zero-order valence-electron chi connectivity index (χ0n) is 12.0. The molecule has 1 unspecified atom stereocenters. The van der Waals surface area contributed by atoms with E-state index in [9.17, 15) is 9.18 Å². The minimum Gasteiger partial charge on any atom is -0.302 e. The Labute approximate surface area is 122 Å². The number of hydrogen-bond acceptors (Lipinski definition) is 3. The second-order valence-corrected chi connectivity index (χ2v) is 5.82. The topological polar surface area (TPSA) is 25.2 Å². The summed E-state index contributed by atoms with van der Waals surface area (Å²) >= 11 is 1.24. The number of rotatable bonds is 5. The molecule has 1 aromatic heterocycles. The zero-order chi connectivity index (χ0) is 14.7. The number of benzene rings is 1. The molecule has 2 aromatic rings. The summed E-state index contributed by atoms with van der Waals surface area (Å²) in [6, 6.07) is 6.75. The van der Waals surface area contributed by atoms with E-state index in [1.807, 2.05) is 19.4 Å². The lowest BCUT2D eigenvalue weighted by atomic mass is 10.1. The molecule has 1 aromatic carbocycles. The zero-order valence-corrected chi connectivity index (χ0v) is 12.8. The van der Waals surface area contributed by atoms with E-state index in [1.165, 1.54) is 23.5 Å². The molecule has 0 aliphatic carbocycles. The first-order chi connectivity index (χ1) is 9.49. The van der Waals surface area contributed by atoms with Gasteiger partial charge in [0.25, 0.3) is 0 Å². The second-order valence-electron chi connectivity index (χ2n) is 5.00. The van der Waals surface area contributed by atoms with E-state index in [4.69, 9.17) is 0 Å². The molecule has 3 nitrogen and oxygen atoms in total. The molecule has 0 aliphatic heterocycles. The predicted molar refractivity (Wildman–Crippen MR) is 80.8 cm³/mol. The Bertz CT molecular complexity index is 618. The average molecular weight is 294 g/mol.